The molecule has 0 amide bonds. The Morgan fingerprint density at radius 1 is 1.90 bits per heavy atom. The number of nitrogens with zero attached hydrogens (tertiary/aromatic N) is 2. The molecule has 0 radical (unpaired) electrons. The molecule has 0 spiro atoms. The minimum absolute atomic E-state index is 0.452. The summed E-state index contributed by atoms with van der Waals surface area (Å²) in [4.78, 5) is 4.10. The van der Waals surface area contributed by atoms with Crippen LogP contribution in [0.15, 0.2) is 12.4 Å². The molecule has 2 heterocycles. The van der Waals surface area contributed by atoms with Crippen molar-refractivity contribution in [2.45, 2.75) is 19.6 Å². The van der Waals surface area contributed by atoms with Gasteiger partial charge < -0.3 is 9.30 Å². The van der Waals surface area contributed by atoms with Crippen LogP contribution in [0.4, 0.5) is 0 Å². The Balaban J connectivity index is 2.08. The molecule has 1 aromatic rings. The highest BCUT2D eigenvalue weighted by atomic mass is 16.6. The Morgan fingerprint density at radius 3 is 3.20 bits per heavy atom. The highest BCUT2D eigenvalue weighted by molar-refractivity contribution is 4.90. The Morgan fingerprint density at radius 2 is 2.70 bits per heavy atom. The first-order chi connectivity index (χ1) is 4.86. The summed E-state index contributed by atoms with van der Waals surface area (Å²) in [6.07, 6.45) is 4.25. The van der Waals surface area contributed by atoms with Crippen LogP contribution in [0.2, 0.25) is 0 Å². The molecule has 1 aliphatic rings. The van der Waals surface area contributed by atoms with Crippen LogP contribution in [0.3, 0.4) is 0 Å². The quantitative estimate of drug-likeness (QED) is 0.560. The van der Waals surface area contributed by atoms with Crippen molar-refractivity contribution in [3.63, 3.8) is 0 Å². The molecule has 0 unspecified atom stereocenters. The number of hydrogen-bond donors (Lipinski definition) is 0. The Bertz CT molecular complexity index is 227. The van der Waals surface area contributed by atoms with Gasteiger partial charge in [-0.15, -0.1) is 0 Å². The first-order valence-electron chi connectivity index (χ1n) is 3.45. The number of aryl methyl sites for hydroxylation is 1. The monoisotopic (exact) mass is 138 g/mol. The fourth-order valence-corrected chi connectivity index (χ4v) is 0.990. The zero-order valence-corrected chi connectivity index (χ0v) is 5.95. The van der Waals surface area contributed by atoms with Gasteiger partial charge in [0, 0.05) is 12.4 Å². The van der Waals surface area contributed by atoms with Gasteiger partial charge in [0.05, 0.1) is 19.3 Å². The number of ether oxygens (including phenoxy) is 1. The molecule has 1 aliphatic heterocycles. The van der Waals surface area contributed by atoms with E-state index in [9.17, 15) is 0 Å². The van der Waals surface area contributed by atoms with Crippen molar-refractivity contribution >= 4 is 0 Å². The number of imidazole rings is 1. The highest BCUT2D eigenvalue weighted by Gasteiger charge is 2.22. The van der Waals surface area contributed by atoms with E-state index in [1.807, 2.05) is 19.3 Å². The average Bonchev–Trinajstić information content (AvgIpc) is 2.62. The summed E-state index contributed by atoms with van der Waals surface area (Å²) in [5.41, 5.74) is 0. The Kier molecular flexibility index (Phi) is 1.24. The van der Waals surface area contributed by atoms with Gasteiger partial charge in [0.1, 0.15) is 5.82 Å². The molecular formula is C7H10N2O. The lowest BCUT2D eigenvalue weighted by Crippen LogP contribution is -2.04. The second kappa shape index (κ2) is 2.09. The predicted molar refractivity (Wildman–Crippen MR) is 36.7 cm³/mol. The summed E-state index contributed by atoms with van der Waals surface area (Å²) < 4.78 is 7.20. The van der Waals surface area contributed by atoms with Crippen LogP contribution in [-0.2, 0) is 11.3 Å². The van der Waals surface area contributed by atoms with Gasteiger partial charge in [0.15, 0.2) is 0 Å². The first kappa shape index (κ1) is 5.92. The summed E-state index contributed by atoms with van der Waals surface area (Å²) in [6.45, 7) is 3.88. The van der Waals surface area contributed by atoms with Gasteiger partial charge in [-0.1, -0.05) is 0 Å². The minimum atomic E-state index is 0.452. The minimum Gasteiger partial charge on any atom is -0.371 e. The van der Waals surface area contributed by atoms with Crippen LogP contribution in [-0.4, -0.2) is 22.3 Å². The van der Waals surface area contributed by atoms with Gasteiger partial charge in [-0.3, -0.25) is 0 Å². The van der Waals surface area contributed by atoms with Crippen molar-refractivity contribution in [2.75, 3.05) is 6.61 Å². The van der Waals surface area contributed by atoms with Gasteiger partial charge in [0.25, 0.3) is 0 Å². The summed E-state index contributed by atoms with van der Waals surface area (Å²) in [5, 5.41) is 0. The van der Waals surface area contributed by atoms with Crippen molar-refractivity contribution in [3.8, 4) is 0 Å². The summed E-state index contributed by atoms with van der Waals surface area (Å²) in [7, 11) is 0. The first-order valence-corrected chi connectivity index (χ1v) is 3.45. The second-order valence-electron chi connectivity index (χ2n) is 2.58. The third-order valence-corrected chi connectivity index (χ3v) is 1.73. The SMILES string of the molecule is Cc1nccn1C[C@H]1CO1. The number of rotatable bonds is 2. The van der Waals surface area contributed by atoms with Gasteiger partial charge in [-0.2, -0.15) is 0 Å². The van der Waals surface area contributed by atoms with Crippen LogP contribution in [0.5, 0.6) is 0 Å². The fraction of sp³-hybridized carbons (Fsp3) is 0.571. The largest absolute Gasteiger partial charge is 0.371 e. The Hall–Kier alpha value is -0.830. The molecule has 10 heavy (non-hydrogen) atoms. The zero-order valence-electron chi connectivity index (χ0n) is 5.95. The predicted octanol–water partition coefficient (Wildman–Crippen LogP) is 0.590. The zero-order chi connectivity index (χ0) is 6.97. The molecule has 3 heteroatoms. The van der Waals surface area contributed by atoms with Crippen molar-refractivity contribution < 1.29 is 4.74 Å². The molecular weight excluding hydrogens is 128 g/mol. The van der Waals surface area contributed by atoms with E-state index >= 15 is 0 Å². The van der Waals surface area contributed by atoms with E-state index < -0.39 is 0 Å². The van der Waals surface area contributed by atoms with Crippen molar-refractivity contribution in [1.29, 1.82) is 0 Å². The topological polar surface area (TPSA) is 30.4 Å². The highest BCUT2D eigenvalue weighted by Crippen LogP contribution is 2.12. The molecule has 3 nitrogen and oxygen atoms in total. The van der Waals surface area contributed by atoms with E-state index in [4.69, 9.17) is 4.74 Å². The van der Waals surface area contributed by atoms with Crippen LogP contribution >= 0.6 is 0 Å². The molecule has 54 valence electrons. The van der Waals surface area contributed by atoms with E-state index in [1.54, 1.807) is 0 Å². The van der Waals surface area contributed by atoms with Crippen molar-refractivity contribution in [2.24, 2.45) is 0 Å². The normalized spacial score (nSPS) is 23.1. The average molecular weight is 138 g/mol. The fourth-order valence-electron chi connectivity index (χ4n) is 0.990. The van der Waals surface area contributed by atoms with E-state index in [0.717, 1.165) is 19.0 Å². The standard InChI is InChI=1S/C7H10N2O/c1-6-8-2-3-9(6)4-7-5-10-7/h2-3,7H,4-5H2,1H3/t7-/m0/s1. The molecule has 0 aromatic carbocycles. The maximum absolute atomic E-state index is 5.09. The molecule has 1 fully saturated rings. The van der Waals surface area contributed by atoms with Crippen LogP contribution in [0.25, 0.3) is 0 Å². The summed E-state index contributed by atoms with van der Waals surface area (Å²) >= 11 is 0. The molecule has 1 atom stereocenters. The molecule has 0 bridgehead atoms. The molecule has 1 aromatic heterocycles. The molecule has 0 N–H and O–H groups in total. The van der Waals surface area contributed by atoms with Gasteiger partial charge in [0.2, 0.25) is 0 Å². The van der Waals surface area contributed by atoms with Crippen molar-refractivity contribution in [1.82, 2.24) is 9.55 Å². The molecule has 1 saturated heterocycles. The van der Waals surface area contributed by atoms with Crippen molar-refractivity contribution in [3.05, 3.63) is 18.2 Å². The van der Waals surface area contributed by atoms with E-state index in [1.165, 1.54) is 0 Å². The second-order valence-corrected chi connectivity index (χ2v) is 2.58. The molecule has 0 aliphatic carbocycles. The number of aromatic nitrogens is 2. The Labute approximate surface area is 59.6 Å². The van der Waals surface area contributed by atoms with Crippen LogP contribution < -0.4 is 0 Å². The number of epoxide rings is 1. The maximum Gasteiger partial charge on any atom is 0.105 e. The number of hydrogen-bond acceptors (Lipinski definition) is 2. The third-order valence-electron chi connectivity index (χ3n) is 1.73. The lowest BCUT2D eigenvalue weighted by Gasteiger charge is -1.99. The van der Waals surface area contributed by atoms with E-state index in [0.29, 0.717) is 6.10 Å². The van der Waals surface area contributed by atoms with Crippen LogP contribution in [0.1, 0.15) is 5.82 Å². The maximum atomic E-state index is 5.09. The molecule has 2 rings (SSSR count). The van der Waals surface area contributed by atoms with E-state index in [-0.39, 0.29) is 0 Å². The van der Waals surface area contributed by atoms with Gasteiger partial charge in [-0.25, -0.2) is 4.98 Å². The molecule has 0 saturated carbocycles. The summed E-state index contributed by atoms with van der Waals surface area (Å²) in [6, 6.07) is 0. The smallest absolute Gasteiger partial charge is 0.105 e. The van der Waals surface area contributed by atoms with Gasteiger partial charge in [-0.05, 0) is 6.92 Å². The van der Waals surface area contributed by atoms with Crippen LogP contribution in [0, 0.1) is 6.92 Å². The summed E-state index contributed by atoms with van der Waals surface area (Å²) in [5.74, 6) is 1.07. The van der Waals surface area contributed by atoms with E-state index in [2.05, 4.69) is 9.55 Å². The third kappa shape index (κ3) is 1.04. The van der Waals surface area contributed by atoms with Gasteiger partial charge >= 0.3 is 0 Å². The lowest BCUT2D eigenvalue weighted by molar-refractivity contribution is 0.381. The lowest BCUT2D eigenvalue weighted by atomic mass is 10.4.